The van der Waals surface area contributed by atoms with E-state index in [2.05, 4.69) is 34.8 Å². The zero-order valence-electron chi connectivity index (χ0n) is 17.8. The first-order valence-corrected chi connectivity index (χ1v) is 11.2. The van der Waals surface area contributed by atoms with Gasteiger partial charge in [0.05, 0.1) is 6.54 Å². The fraction of sp³-hybridized carbons (Fsp3) is 0.583. The van der Waals surface area contributed by atoms with Crippen LogP contribution in [0.15, 0.2) is 42.7 Å². The van der Waals surface area contributed by atoms with Crippen LogP contribution in [-0.2, 0) is 6.54 Å². The summed E-state index contributed by atoms with van der Waals surface area (Å²) in [5.41, 5.74) is 1.94. The Balaban J connectivity index is 1.42. The normalized spacial score (nSPS) is 22.7. The molecule has 1 aromatic carbocycles. The van der Waals surface area contributed by atoms with Crippen molar-refractivity contribution in [1.29, 1.82) is 0 Å². The molecule has 29 heavy (non-hydrogen) atoms. The van der Waals surface area contributed by atoms with E-state index in [1.54, 1.807) is 6.20 Å². The van der Waals surface area contributed by atoms with Gasteiger partial charge in [-0.05, 0) is 67.8 Å². The molecule has 1 aromatic heterocycles. The molecule has 5 heteroatoms. The lowest BCUT2D eigenvalue weighted by atomic mass is 9.83. The summed E-state index contributed by atoms with van der Waals surface area (Å²) in [7, 11) is 0. The van der Waals surface area contributed by atoms with Crippen LogP contribution in [0.4, 0.5) is 0 Å². The highest BCUT2D eigenvalue weighted by Crippen LogP contribution is 2.32. The number of benzene rings is 1. The molecule has 0 spiro atoms. The van der Waals surface area contributed by atoms with E-state index in [0.29, 0.717) is 18.5 Å². The van der Waals surface area contributed by atoms with Gasteiger partial charge >= 0.3 is 0 Å². The molecule has 0 radical (unpaired) electrons. The number of rotatable bonds is 6. The lowest BCUT2D eigenvalue weighted by Gasteiger charge is -2.47. The third-order valence-corrected chi connectivity index (χ3v) is 6.51. The molecule has 3 heterocycles. The van der Waals surface area contributed by atoms with Gasteiger partial charge in [-0.2, -0.15) is 5.10 Å². The fourth-order valence-electron chi connectivity index (χ4n) is 4.92. The van der Waals surface area contributed by atoms with Crippen molar-refractivity contribution in [2.24, 2.45) is 11.8 Å². The van der Waals surface area contributed by atoms with Crippen molar-refractivity contribution >= 4 is 5.91 Å². The number of piperidine rings is 2. The summed E-state index contributed by atoms with van der Waals surface area (Å²) in [6.45, 7) is 9.67. The number of amides is 1. The lowest BCUT2D eigenvalue weighted by molar-refractivity contribution is 0.0194. The average Bonchev–Trinajstić information content (AvgIpc) is 3.24. The summed E-state index contributed by atoms with van der Waals surface area (Å²) in [5.74, 6) is 1.59. The third-order valence-electron chi connectivity index (χ3n) is 6.51. The molecular formula is C24H34N4O. The molecule has 2 fully saturated rings. The Labute approximate surface area is 174 Å². The molecule has 5 nitrogen and oxygen atoms in total. The maximum absolute atomic E-state index is 13.4. The Morgan fingerprint density at radius 1 is 1.21 bits per heavy atom. The first kappa shape index (κ1) is 20.1. The monoisotopic (exact) mass is 394 g/mol. The summed E-state index contributed by atoms with van der Waals surface area (Å²) >= 11 is 0. The molecule has 0 bridgehead atoms. The van der Waals surface area contributed by atoms with Gasteiger partial charge in [-0.15, -0.1) is 0 Å². The van der Waals surface area contributed by atoms with Gasteiger partial charge in [0.2, 0.25) is 0 Å². The first-order chi connectivity index (χ1) is 14.1. The van der Waals surface area contributed by atoms with Gasteiger partial charge in [-0.1, -0.05) is 26.0 Å². The number of fused-ring (bicyclic) bond motifs is 1. The van der Waals surface area contributed by atoms with Crippen LogP contribution in [0.1, 0.15) is 55.5 Å². The van der Waals surface area contributed by atoms with Gasteiger partial charge < -0.3 is 9.80 Å². The molecule has 4 rings (SSSR count). The van der Waals surface area contributed by atoms with Gasteiger partial charge in [0, 0.05) is 43.6 Å². The number of aromatic nitrogens is 2. The van der Waals surface area contributed by atoms with Crippen LogP contribution >= 0.6 is 0 Å². The zero-order chi connectivity index (χ0) is 20.2. The predicted octanol–water partition coefficient (Wildman–Crippen LogP) is 3.90. The minimum absolute atomic E-state index is 0.206. The topological polar surface area (TPSA) is 41.4 Å². The number of hydrogen-bond acceptors (Lipinski definition) is 3. The quantitative estimate of drug-likeness (QED) is 0.746. The molecule has 0 N–H and O–H groups in total. The minimum Gasteiger partial charge on any atom is -0.335 e. The van der Waals surface area contributed by atoms with Crippen molar-refractivity contribution in [3.63, 3.8) is 0 Å². The zero-order valence-corrected chi connectivity index (χ0v) is 17.8. The summed E-state index contributed by atoms with van der Waals surface area (Å²) in [6.07, 6.45) is 8.50. The molecule has 2 atom stereocenters. The van der Waals surface area contributed by atoms with Gasteiger partial charge in [0.15, 0.2) is 0 Å². The fourth-order valence-corrected chi connectivity index (χ4v) is 4.92. The maximum Gasteiger partial charge on any atom is 0.254 e. The first-order valence-electron chi connectivity index (χ1n) is 11.2. The van der Waals surface area contributed by atoms with E-state index in [-0.39, 0.29) is 5.91 Å². The predicted molar refractivity (Wildman–Crippen MR) is 116 cm³/mol. The van der Waals surface area contributed by atoms with E-state index < -0.39 is 0 Å². The second-order valence-electron chi connectivity index (χ2n) is 9.14. The molecular weight excluding hydrogens is 360 g/mol. The van der Waals surface area contributed by atoms with E-state index in [1.165, 1.54) is 19.4 Å². The molecule has 0 unspecified atom stereocenters. The Kier molecular flexibility index (Phi) is 6.34. The van der Waals surface area contributed by atoms with E-state index >= 15 is 0 Å². The molecule has 1 amide bonds. The smallest absolute Gasteiger partial charge is 0.254 e. The largest absolute Gasteiger partial charge is 0.335 e. The Hall–Kier alpha value is -2.14. The maximum atomic E-state index is 13.4. The van der Waals surface area contributed by atoms with E-state index in [0.717, 1.165) is 49.5 Å². The summed E-state index contributed by atoms with van der Waals surface area (Å²) in [4.78, 5) is 18.2. The number of nitrogens with zero attached hydrogens (tertiary/aromatic N) is 4. The number of carbonyl (C=O) groups is 1. The second kappa shape index (κ2) is 9.12. The van der Waals surface area contributed by atoms with Crippen molar-refractivity contribution in [1.82, 2.24) is 19.6 Å². The van der Waals surface area contributed by atoms with E-state index in [9.17, 15) is 4.79 Å². The molecule has 2 aromatic rings. The highest BCUT2D eigenvalue weighted by Gasteiger charge is 2.38. The highest BCUT2D eigenvalue weighted by molar-refractivity contribution is 5.94. The van der Waals surface area contributed by atoms with Crippen molar-refractivity contribution in [2.45, 2.75) is 52.1 Å². The van der Waals surface area contributed by atoms with Crippen LogP contribution in [0.2, 0.25) is 0 Å². The van der Waals surface area contributed by atoms with Crippen molar-refractivity contribution in [3.8, 4) is 0 Å². The second-order valence-corrected chi connectivity index (χ2v) is 9.14. The third kappa shape index (κ3) is 4.89. The van der Waals surface area contributed by atoms with Crippen molar-refractivity contribution in [2.75, 3.05) is 26.2 Å². The molecule has 156 valence electrons. The summed E-state index contributed by atoms with van der Waals surface area (Å²) in [5, 5.41) is 4.28. The van der Waals surface area contributed by atoms with Crippen molar-refractivity contribution in [3.05, 3.63) is 53.9 Å². The van der Waals surface area contributed by atoms with Gasteiger partial charge in [0.1, 0.15) is 0 Å². The van der Waals surface area contributed by atoms with Gasteiger partial charge in [0.25, 0.3) is 5.91 Å². The molecule has 2 saturated heterocycles. The Bertz CT molecular complexity index is 801. The lowest BCUT2D eigenvalue weighted by Crippen LogP contribution is -2.55. The molecule has 0 saturated carbocycles. The van der Waals surface area contributed by atoms with Crippen LogP contribution < -0.4 is 0 Å². The molecule has 0 aliphatic carbocycles. The number of hydrogen-bond donors (Lipinski definition) is 0. The Morgan fingerprint density at radius 2 is 2.10 bits per heavy atom. The molecule has 2 aliphatic heterocycles. The van der Waals surface area contributed by atoms with E-state index in [4.69, 9.17) is 0 Å². The highest BCUT2D eigenvalue weighted by atomic mass is 16.2. The number of carbonyl (C=O) groups excluding carboxylic acids is 1. The van der Waals surface area contributed by atoms with Crippen LogP contribution in [0, 0.1) is 11.8 Å². The van der Waals surface area contributed by atoms with Crippen LogP contribution in [0.25, 0.3) is 0 Å². The van der Waals surface area contributed by atoms with Gasteiger partial charge in [-0.3, -0.25) is 9.48 Å². The summed E-state index contributed by atoms with van der Waals surface area (Å²) in [6, 6.07) is 10.4. The average molecular weight is 395 g/mol. The Morgan fingerprint density at radius 3 is 2.90 bits per heavy atom. The standard InChI is InChI=1S/C24H34N4O/c1-19(2)9-14-26-15-10-23-22(18-26)8-4-13-28(23)24(29)21-7-3-6-20(16-21)17-27-12-5-11-25-27/h3,5-7,11-12,16,19,22-23H,4,8-10,13-15,17-18H2,1-2H3/t22-,23-/m1/s1. The van der Waals surface area contributed by atoms with Crippen LogP contribution in [0.5, 0.6) is 0 Å². The minimum atomic E-state index is 0.206. The number of likely N-dealkylation sites (tertiary alicyclic amines) is 2. The van der Waals surface area contributed by atoms with Crippen LogP contribution in [-0.4, -0.2) is 57.7 Å². The summed E-state index contributed by atoms with van der Waals surface area (Å²) < 4.78 is 1.90. The van der Waals surface area contributed by atoms with E-state index in [1.807, 2.05) is 35.1 Å². The van der Waals surface area contributed by atoms with Gasteiger partial charge in [-0.25, -0.2) is 0 Å². The van der Waals surface area contributed by atoms with Crippen molar-refractivity contribution < 1.29 is 4.79 Å². The van der Waals surface area contributed by atoms with Crippen LogP contribution in [0.3, 0.4) is 0 Å². The molecule has 2 aliphatic rings. The SMILES string of the molecule is CC(C)CCN1CC[C@@H]2[C@H](CCCN2C(=O)c2cccc(Cn3cccn3)c2)C1.